The molecule has 2 N–H and O–H groups in total. The molecule has 0 radical (unpaired) electrons. The molecule has 2 aromatic carbocycles. The molecule has 0 aromatic heterocycles. The average Bonchev–Trinajstić information content (AvgIpc) is 2.49. The summed E-state index contributed by atoms with van der Waals surface area (Å²) in [5.41, 5.74) is 4.47. The Kier molecular flexibility index (Phi) is 5.43. The van der Waals surface area contributed by atoms with E-state index in [-0.39, 0.29) is 11.3 Å². The zero-order valence-electron chi connectivity index (χ0n) is 14.4. The van der Waals surface area contributed by atoms with Crippen LogP contribution < -0.4 is 10.6 Å². The lowest BCUT2D eigenvalue weighted by Crippen LogP contribution is -2.19. The lowest BCUT2D eigenvalue weighted by molar-refractivity contribution is -0.115. The van der Waals surface area contributed by atoms with E-state index in [0.29, 0.717) is 13.0 Å². The molecule has 0 bridgehead atoms. The minimum Gasteiger partial charge on any atom is -0.384 e. The maximum Gasteiger partial charge on any atom is 0.226 e. The topological polar surface area (TPSA) is 41.1 Å². The Morgan fingerprint density at radius 1 is 1.00 bits per heavy atom. The molecule has 2 aromatic rings. The molecule has 0 aliphatic heterocycles. The normalized spacial score (nSPS) is 11.1. The second-order valence-corrected chi connectivity index (χ2v) is 6.89. The van der Waals surface area contributed by atoms with Crippen LogP contribution in [0.25, 0.3) is 0 Å². The van der Waals surface area contributed by atoms with Crippen molar-refractivity contribution in [3.05, 3.63) is 59.7 Å². The van der Waals surface area contributed by atoms with E-state index in [2.05, 4.69) is 49.6 Å². The van der Waals surface area contributed by atoms with Crippen LogP contribution in [-0.2, 0) is 10.2 Å². The van der Waals surface area contributed by atoms with Gasteiger partial charge < -0.3 is 10.6 Å². The fourth-order valence-electron chi connectivity index (χ4n) is 2.46. The SMILES string of the molecule is Cc1ccc(NC(=O)CCNc2ccccc2C(C)(C)C)cc1. The molecular weight excluding hydrogens is 284 g/mol. The molecule has 0 saturated carbocycles. The molecule has 3 nitrogen and oxygen atoms in total. The number of carbonyl (C=O) groups is 1. The van der Waals surface area contributed by atoms with Crippen LogP contribution in [0.5, 0.6) is 0 Å². The van der Waals surface area contributed by atoms with Gasteiger partial charge in [0.25, 0.3) is 0 Å². The molecule has 0 aliphatic carbocycles. The average molecular weight is 310 g/mol. The van der Waals surface area contributed by atoms with Crippen LogP contribution in [0.2, 0.25) is 0 Å². The second-order valence-electron chi connectivity index (χ2n) is 6.89. The summed E-state index contributed by atoms with van der Waals surface area (Å²) in [6.07, 6.45) is 0.437. The van der Waals surface area contributed by atoms with Crippen molar-refractivity contribution < 1.29 is 4.79 Å². The number of hydrogen-bond acceptors (Lipinski definition) is 2. The fraction of sp³-hybridized carbons (Fsp3) is 0.350. The summed E-state index contributed by atoms with van der Waals surface area (Å²) in [6, 6.07) is 16.1. The zero-order valence-corrected chi connectivity index (χ0v) is 14.4. The van der Waals surface area contributed by atoms with E-state index in [1.165, 1.54) is 11.1 Å². The van der Waals surface area contributed by atoms with Gasteiger partial charge in [0.1, 0.15) is 0 Å². The van der Waals surface area contributed by atoms with Crippen LogP contribution in [0.3, 0.4) is 0 Å². The Hall–Kier alpha value is -2.29. The molecule has 0 aliphatic rings. The molecule has 122 valence electrons. The summed E-state index contributed by atoms with van der Waals surface area (Å²) in [5, 5.41) is 6.31. The highest BCUT2D eigenvalue weighted by atomic mass is 16.1. The number of rotatable bonds is 5. The van der Waals surface area contributed by atoms with Crippen molar-refractivity contribution in [3.8, 4) is 0 Å². The third kappa shape index (κ3) is 5.13. The Labute approximate surface area is 139 Å². The molecule has 0 atom stereocenters. The van der Waals surface area contributed by atoms with Gasteiger partial charge in [-0.25, -0.2) is 0 Å². The number of aryl methyl sites for hydroxylation is 1. The molecule has 23 heavy (non-hydrogen) atoms. The summed E-state index contributed by atoms with van der Waals surface area (Å²) >= 11 is 0. The summed E-state index contributed by atoms with van der Waals surface area (Å²) < 4.78 is 0. The Balaban J connectivity index is 1.88. The van der Waals surface area contributed by atoms with Gasteiger partial charge in [0, 0.05) is 24.3 Å². The van der Waals surface area contributed by atoms with Crippen LogP contribution in [0.15, 0.2) is 48.5 Å². The lowest BCUT2D eigenvalue weighted by atomic mass is 9.86. The molecule has 0 heterocycles. The molecular formula is C20H26N2O. The molecule has 3 heteroatoms. The van der Waals surface area contributed by atoms with E-state index in [4.69, 9.17) is 0 Å². The van der Waals surface area contributed by atoms with Crippen LogP contribution in [-0.4, -0.2) is 12.5 Å². The van der Waals surface area contributed by atoms with Gasteiger partial charge in [-0.3, -0.25) is 4.79 Å². The number of para-hydroxylation sites is 1. The van der Waals surface area contributed by atoms with Crippen molar-refractivity contribution in [1.29, 1.82) is 0 Å². The molecule has 0 saturated heterocycles. The number of nitrogens with one attached hydrogen (secondary N) is 2. The van der Waals surface area contributed by atoms with Crippen LogP contribution in [0.4, 0.5) is 11.4 Å². The van der Waals surface area contributed by atoms with Crippen molar-refractivity contribution in [2.45, 2.75) is 39.5 Å². The first-order valence-electron chi connectivity index (χ1n) is 8.06. The van der Waals surface area contributed by atoms with Crippen molar-refractivity contribution >= 4 is 17.3 Å². The standard InChI is InChI=1S/C20H26N2O/c1-15-9-11-16(12-10-15)22-19(23)13-14-21-18-8-6-5-7-17(18)20(2,3)4/h5-12,21H,13-14H2,1-4H3,(H,22,23). The van der Waals surface area contributed by atoms with Gasteiger partial charge >= 0.3 is 0 Å². The maximum absolute atomic E-state index is 12.0. The zero-order chi connectivity index (χ0) is 16.9. The third-order valence-electron chi connectivity index (χ3n) is 3.74. The van der Waals surface area contributed by atoms with Crippen LogP contribution in [0, 0.1) is 6.92 Å². The minimum atomic E-state index is 0.0228. The van der Waals surface area contributed by atoms with E-state index >= 15 is 0 Å². The summed E-state index contributed by atoms with van der Waals surface area (Å²) in [6.45, 7) is 9.22. The second kappa shape index (κ2) is 7.32. The summed E-state index contributed by atoms with van der Waals surface area (Å²) in [7, 11) is 0. The largest absolute Gasteiger partial charge is 0.384 e. The number of amides is 1. The number of carbonyl (C=O) groups excluding carboxylic acids is 1. The van der Waals surface area contributed by atoms with Gasteiger partial charge in [-0.05, 0) is 36.1 Å². The highest BCUT2D eigenvalue weighted by Crippen LogP contribution is 2.29. The predicted molar refractivity (Wildman–Crippen MR) is 98.1 cm³/mol. The lowest BCUT2D eigenvalue weighted by Gasteiger charge is -2.23. The molecule has 0 fully saturated rings. The number of hydrogen-bond donors (Lipinski definition) is 2. The van der Waals surface area contributed by atoms with Gasteiger partial charge in [-0.15, -0.1) is 0 Å². The van der Waals surface area contributed by atoms with Crippen LogP contribution in [0.1, 0.15) is 38.3 Å². The third-order valence-corrected chi connectivity index (χ3v) is 3.74. The van der Waals surface area contributed by atoms with E-state index in [0.717, 1.165) is 11.4 Å². The Morgan fingerprint density at radius 3 is 2.30 bits per heavy atom. The number of benzene rings is 2. The first kappa shape index (κ1) is 17.1. The Morgan fingerprint density at radius 2 is 1.65 bits per heavy atom. The van der Waals surface area contributed by atoms with Crippen LogP contribution >= 0.6 is 0 Å². The molecule has 2 rings (SSSR count). The minimum absolute atomic E-state index is 0.0228. The van der Waals surface area contributed by atoms with Gasteiger partial charge in [0.15, 0.2) is 0 Å². The quantitative estimate of drug-likeness (QED) is 0.838. The molecule has 0 unspecified atom stereocenters. The molecule has 0 spiro atoms. The van der Waals surface area contributed by atoms with Crippen molar-refractivity contribution in [2.75, 3.05) is 17.2 Å². The fourth-order valence-corrected chi connectivity index (χ4v) is 2.46. The first-order chi connectivity index (χ1) is 10.9. The van der Waals surface area contributed by atoms with E-state index < -0.39 is 0 Å². The van der Waals surface area contributed by atoms with Crippen molar-refractivity contribution in [1.82, 2.24) is 0 Å². The predicted octanol–water partition coefficient (Wildman–Crippen LogP) is 4.73. The van der Waals surface area contributed by atoms with Gasteiger partial charge in [-0.2, -0.15) is 0 Å². The maximum atomic E-state index is 12.0. The van der Waals surface area contributed by atoms with Crippen molar-refractivity contribution in [2.24, 2.45) is 0 Å². The van der Waals surface area contributed by atoms with E-state index in [1.807, 2.05) is 37.3 Å². The van der Waals surface area contributed by atoms with Gasteiger partial charge in [0.05, 0.1) is 0 Å². The summed E-state index contributed by atoms with van der Waals surface area (Å²) in [5.74, 6) is 0.0228. The highest BCUT2D eigenvalue weighted by molar-refractivity contribution is 5.91. The first-order valence-corrected chi connectivity index (χ1v) is 8.06. The van der Waals surface area contributed by atoms with Gasteiger partial charge in [0.2, 0.25) is 5.91 Å². The van der Waals surface area contributed by atoms with Gasteiger partial charge in [-0.1, -0.05) is 56.7 Å². The van der Waals surface area contributed by atoms with Crippen molar-refractivity contribution in [3.63, 3.8) is 0 Å². The Bertz CT molecular complexity index is 654. The summed E-state index contributed by atoms with van der Waals surface area (Å²) in [4.78, 5) is 12.0. The van der Waals surface area contributed by atoms with E-state index in [9.17, 15) is 4.79 Å². The highest BCUT2D eigenvalue weighted by Gasteiger charge is 2.17. The number of anilines is 2. The molecule has 1 amide bonds. The van der Waals surface area contributed by atoms with E-state index in [1.54, 1.807) is 0 Å². The monoisotopic (exact) mass is 310 g/mol. The smallest absolute Gasteiger partial charge is 0.226 e.